The topological polar surface area (TPSA) is 131 Å². The lowest BCUT2D eigenvalue weighted by Crippen LogP contribution is -2.33. The summed E-state index contributed by atoms with van der Waals surface area (Å²) in [6.45, 7) is 0.645. The number of fused-ring (bicyclic) bond motifs is 1. The summed E-state index contributed by atoms with van der Waals surface area (Å²) in [6.07, 6.45) is 7.72. The third-order valence-corrected chi connectivity index (χ3v) is 6.72. The molecule has 4 aromatic rings. The SMILES string of the molecule is NCCC(Cc1cccc(-c2[nH]nc3nc(NC4CCC(N)CC4)ncc23)n1)c1ccccc1. The molecule has 5 rings (SSSR count). The van der Waals surface area contributed by atoms with Gasteiger partial charge in [-0.15, -0.1) is 0 Å². The van der Waals surface area contributed by atoms with Crippen LogP contribution >= 0.6 is 0 Å². The standard InChI is InChI=1S/C26H32N8/c27-14-13-18(17-5-2-1-3-6-17)15-21-7-4-8-23(30-21)24-22-16-29-26(32-25(22)34-33-24)31-20-11-9-19(28)10-12-20/h1-8,16,18-20H,9-15,27-28H2,(H2,29,31,32,33,34). The zero-order chi connectivity index (χ0) is 23.3. The number of H-pyrrole nitrogens is 1. The van der Waals surface area contributed by atoms with Gasteiger partial charge in [-0.3, -0.25) is 10.1 Å². The van der Waals surface area contributed by atoms with E-state index in [2.05, 4.69) is 55.8 Å². The molecule has 1 saturated carbocycles. The van der Waals surface area contributed by atoms with E-state index in [4.69, 9.17) is 16.5 Å². The first kappa shape index (κ1) is 22.4. The molecule has 1 aromatic carbocycles. The summed E-state index contributed by atoms with van der Waals surface area (Å²) >= 11 is 0. The Bertz CT molecular complexity index is 1210. The Hall–Kier alpha value is -3.36. The molecule has 0 aliphatic heterocycles. The third-order valence-electron chi connectivity index (χ3n) is 6.72. The molecule has 1 aliphatic carbocycles. The molecule has 0 radical (unpaired) electrons. The summed E-state index contributed by atoms with van der Waals surface area (Å²) in [5, 5.41) is 11.9. The fourth-order valence-electron chi connectivity index (χ4n) is 4.81. The lowest BCUT2D eigenvalue weighted by atomic mass is 9.91. The first-order chi connectivity index (χ1) is 16.7. The Morgan fingerprint density at radius 1 is 1.00 bits per heavy atom. The van der Waals surface area contributed by atoms with Crippen molar-refractivity contribution in [1.29, 1.82) is 0 Å². The van der Waals surface area contributed by atoms with E-state index >= 15 is 0 Å². The fourth-order valence-corrected chi connectivity index (χ4v) is 4.81. The molecule has 3 heterocycles. The molecule has 1 atom stereocenters. The minimum absolute atomic E-state index is 0.317. The van der Waals surface area contributed by atoms with Crippen LogP contribution in [0.15, 0.2) is 54.7 Å². The molecule has 0 saturated heterocycles. The smallest absolute Gasteiger partial charge is 0.224 e. The quantitative estimate of drug-likeness (QED) is 0.317. The predicted molar refractivity (Wildman–Crippen MR) is 135 cm³/mol. The maximum atomic E-state index is 6.02. The molecule has 3 aromatic heterocycles. The van der Waals surface area contributed by atoms with Crippen LogP contribution in [0.4, 0.5) is 5.95 Å². The summed E-state index contributed by atoms with van der Waals surface area (Å²) in [7, 11) is 0. The molecule has 0 bridgehead atoms. The second kappa shape index (κ2) is 10.3. The second-order valence-electron chi connectivity index (χ2n) is 9.19. The van der Waals surface area contributed by atoms with Crippen LogP contribution in [-0.4, -0.2) is 43.8 Å². The predicted octanol–water partition coefficient (Wildman–Crippen LogP) is 3.77. The van der Waals surface area contributed by atoms with Crippen molar-refractivity contribution in [2.45, 2.75) is 56.5 Å². The second-order valence-corrected chi connectivity index (χ2v) is 9.19. The normalized spacial score (nSPS) is 19.2. The summed E-state index contributed by atoms with van der Waals surface area (Å²) in [6, 6.07) is 17.3. The van der Waals surface area contributed by atoms with Gasteiger partial charge in [-0.25, -0.2) is 4.98 Å². The van der Waals surface area contributed by atoms with Gasteiger partial charge >= 0.3 is 0 Å². The average molecular weight is 457 g/mol. The molecule has 176 valence electrons. The van der Waals surface area contributed by atoms with E-state index in [1.54, 1.807) is 0 Å². The molecule has 1 unspecified atom stereocenters. The summed E-state index contributed by atoms with van der Waals surface area (Å²) in [4.78, 5) is 14.1. The van der Waals surface area contributed by atoms with E-state index in [9.17, 15) is 0 Å². The van der Waals surface area contributed by atoms with Crippen molar-refractivity contribution in [2.75, 3.05) is 11.9 Å². The van der Waals surface area contributed by atoms with E-state index in [0.717, 1.165) is 61.0 Å². The number of hydrogen-bond donors (Lipinski definition) is 4. The van der Waals surface area contributed by atoms with Gasteiger partial charge in [0.1, 0.15) is 0 Å². The lowest BCUT2D eigenvalue weighted by Gasteiger charge is -2.26. The van der Waals surface area contributed by atoms with Crippen molar-refractivity contribution < 1.29 is 0 Å². The van der Waals surface area contributed by atoms with Crippen molar-refractivity contribution in [2.24, 2.45) is 11.5 Å². The Morgan fingerprint density at radius 3 is 2.62 bits per heavy atom. The van der Waals surface area contributed by atoms with E-state index < -0.39 is 0 Å². The Kier molecular flexibility index (Phi) is 6.78. The molecule has 1 aliphatic rings. The minimum atomic E-state index is 0.317. The first-order valence-corrected chi connectivity index (χ1v) is 12.1. The van der Waals surface area contributed by atoms with Gasteiger partial charge in [0.05, 0.1) is 16.8 Å². The Balaban J connectivity index is 1.35. The number of nitrogens with zero attached hydrogens (tertiary/aromatic N) is 4. The zero-order valence-electron chi connectivity index (χ0n) is 19.3. The molecule has 0 spiro atoms. The van der Waals surface area contributed by atoms with Gasteiger partial charge in [0, 0.05) is 24.0 Å². The van der Waals surface area contributed by atoms with Crippen LogP contribution in [0.1, 0.15) is 49.3 Å². The fraction of sp³-hybridized carbons (Fsp3) is 0.385. The van der Waals surface area contributed by atoms with Crippen LogP contribution in [0.2, 0.25) is 0 Å². The van der Waals surface area contributed by atoms with Gasteiger partial charge in [-0.2, -0.15) is 10.1 Å². The number of nitrogens with one attached hydrogen (secondary N) is 2. The van der Waals surface area contributed by atoms with Crippen molar-refractivity contribution in [3.63, 3.8) is 0 Å². The summed E-state index contributed by atoms with van der Waals surface area (Å²) < 4.78 is 0. The molecule has 0 amide bonds. The highest BCUT2D eigenvalue weighted by atomic mass is 15.2. The number of aromatic nitrogens is 5. The van der Waals surface area contributed by atoms with Gasteiger partial charge in [-0.1, -0.05) is 36.4 Å². The monoisotopic (exact) mass is 456 g/mol. The Labute approximate surface area is 199 Å². The summed E-state index contributed by atoms with van der Waals surface area (Å²) in [5.41, 5.74) is 16.6. The summed E-state index contributed by atoms with van der Waals surface area (Å²) in [5.74, 6) is 0.944. The number of hydrogen-bond acceptors (Lipinski definition) is 7. The average Bonchev–Trinajstić information content (AvgIpc) is 3.29. The van der Waals surface area contributed by atoms with Crippen LogP contribution in [0, 0.1) is 0 Å². The van der Waals surface area contributed by atoms with Crippen LogP contribution in [0.25, 0.3) is 22.4 Å². The molecule has 34 heavy (non-hydrogen) atoms. The number of nitrogens with two attached hydrogens (primary N) is 2. The highest BCUT2D eigenvalue weighted by Gasteiger charge is 2.20. The van der Waals surface area contributed by atoms with Crippen molar-refractivity contribution >= 4 is 17.0 Å². The maximum Gasteiger partial charge on any atom is 0.224 e. The van der Waals surface area contributed by atoms with Gasteiger partial charge in [0.15, 0.2) is 5.65 Å². The van der Waals surface area contributed by atoms with E-state index in [0.29, 0.717) is 36.1 Å². The van der Waals surface area contributed by atoms with E-state index in [1.165, 1.54) is 5.56 Å². The van der Waals surface area contributed by atoms with Gasteiger partial charge < -0.3 is 16.8 Å². The number of anilines is 1. The molecule has 1 fully saturated rings. The van der Waals surface area contributed by atoms with Crippen molar-refractivity contribution in [3.8, 4) is 11.4 Å². The number of rotatable bonds is 8. The molecule has 8 heteroatoms. The van der Waals surface area contributed by atoms with E-state index in [1.807, 2.05) is 24.4 Å². The highest BCUT2D eigenvalue weighted by molar-refractivity contribution is 5.89. The third kappa shape index (κ3) is 5.08. The van der Waals surface area contributed by atoms with Crippen LogP contribution in [0.5, 0.6) is 0 Å². The Morgan fingerprint density at radius 2 is 1.82 bits per heavy atom. The van der Waals surface area contributed by atoms with Crippen LogP contribution in [0.3, 0.4) is 0 Å². The van der Waals surface area contributed by atoms with Crippen LogP contribution < -0.4 is 16.8 Å². The largest absolute Gasteiger partial charge is 0.351 e. The van der Waals surface area contributed by atoms with Crippen LogP contribution in [-0.2, 0) is 6.42 Å². The van der Waals surface area contributed by atoms with Crippen molar-refractivity contribution in [3.05, 3.63) is 66.0 Å². The molecule has 6 N–H and O–H groups in total. The number of aromatic amines is 1. The molecule has 8 nitrogen and oxygen atoms in total. The van der Waals surface area contributed by atoms with Crippen molar-refractivity contribution in [1.82, 2.24) is 25.1 Å². The molecular formula is C26H32N8. The lowest BCUT2D eigenvalue weighted by molar-refractivity contribution is 0.410. The zero-order valence-corrected chi connectivity index (χ0v) is 19.3. The highest BCUT2D eigenvalue weighted by Crippen LogP contribution is 2.27. The maximum absolute atomic E-state index is 6.02. The first-order valence-electron chi connectivity index (χ1n) is 12.1. The van der Waals surface area contributed by atoms with Gasteiger partial charge in [-0.05, 0) is 68.7 Å². The number of benzene rings is 1. The van der Waals surface area contributed by atoms with E-state index in [-0.39, 0.29) is 0 Å². The molecular weight excluding hydrogens is 424 g/mol. The van der Waals surface area contributed by atoms with Gasteiger partial charge in [0.2, 0.25) is 5.95 Å². The van der Waals surface area contributed by atoms with Gasteiger partial charge in [0.25, 0.3) is 0 Å². The minimum Gasteiger partial charge on any atom is -0.351 e. The number of pyridine rings is 1.